The zero-order chi connectivity index (χ0) is 22.8. The molecule has 33 heavy (non-hydrogen) atoms. The van der Waals surface area contributed by atoms with Crippen LogP contribution in [0.1, 0.15) is 5.69 Å². The van der Waals surface area contributed by atoms with Crippen LogP contribution in [-0.4, -0.2) is 33.4 Å². The van der Waals surface area contributed by atoms with Crippen LogP contribution in [0.4, 0.5) is 5.69 Å². The third-order valence-corrected chi connectivity index (χ3v) is 7.08. The Hall–Kier alpha value is -3.14. The van der Waals surface area contributed by atoms with E-state index in [1.54, 1.807) is 35.7 Å². The van der Waals surface area contributed by atoms with E-state index in [0.29, 0.717) is 27.4 Å². The molecule has 0 bridgehead atoms. The molecule has 0 radical (unpaired) electrons. The largest absolute Gasteiger partial charge is 0.454 e. The Labute approximate surface area is 203 Å². The molecule has 1 aliphatic heterocycles. The Balaban J connectivity index is 1.26. The smallest absolute Gasteiger partial charge is 0.234 e. The molecule has 4 aromatic rings. The van der Waals surface area contributed by atoms with E-state index in [1.807, 2.05) is 37.3 Å². The number of nitrogens with one attached hydrogen (secondary N) is 1. The highest BCUT2D eigenvalue weighted by molar-refractivity contribution is 7.99. The topological polar surface area (TPSA) is 86.2 Å². The van der Waals surface area contributed by atoms with Crippen LogP contribution >= 0.6 is 34.7 Å². The van der Waals surface area contributed by atoms with Gasteiger partial charge in [0.15, 0.2) is 16.7 Å². The lowest BCUT2D eigenvalue weighted by Gasteiger charge is -2.06. The number of amides is 1. The average molecular weight is 497 g/mol. The second-order valence-electron chi connectivity index (χ2n) is 7.07. The van der Waals surface area contributed by atoms with Crippen molar-refractivity contribution >= 4 is 46.3 Å². The van der Waals surface area contributed by atoms with Crippen LogP contribution in [0.2, 0.25) is 5.02 Å². The van der Waals surface area contributed by atoms with Crippen LogP contribution in [0.3, 0.4) is 0 Å². The molecule has 1 amide bonds. The summed E-state index contributed by atoms with van der Waals surface area (Å²) >= 11 is 8.83. The lowest BCUT2D eigenvalue weighted by Crippen LogP contribution is -2.14. The number of rotatable bonds is 6. The van der Waals surface area contributed by atoms with Gasteiger partial charge < -0.3 is 14.8 Å². The number of halogens is 1. The van der Waals surface area contributed by atoms with Crippen molar-refractivity contribution in [2.75, 3.05) is 17.9 Å². The van der Waals surface area contributed by atoms with Gasteiger partial charge in [-0.1, -0.05) is 35.5 Å². The molecule has 0 spiro atoms. The second kappa shape index (κ2) is 9.38. The number of thioether (sulfide) groups is 1. The van der Waals surface area contributed by atoms with Gasteiger partial charge in [-0.05, 0) is 37.3 Å². The van der Waals surface area contributed by atoms with Crippen molar-refractivity contribution in [3.8, 4) is 32.6 Å². The molecule has 10 heteroatoms. The summed E-state index contributed by atoms with van der Waals surface area (Å²) in [5, 5.41) is 4.96. The zero-order valence-corrected chi connectivity index (χ0v) is 19.8. The van der Waals surface area contributed by atoms with Crippen LogP contribution in [0, 0.1) is 6.92 Å². The summed E-state index contributed by atoms with van der Waals surface area (Å²) in [5.41, 5.74) is 3.32. The second-order valence-corrected chi connectivity index (χ2v) is 9.45. The van der Waals surface area contributed by atoms with E-state index in [2.05, 4.69) is 20.3 Å². The lowest BCUT2D eigenvalue weighted by molar-refractivity contribution is -0.113. The molecule has 0 aliphatic carbocycles. The predicted octanol–water partition coefficient (Wildman–Crippen LogP) is 5.69. The lowest BCUT2D eigenvalue weighted by atomic mass is 10.2. The number of thiazole rings is 1. The van der Waals surface area contributed by atoms with Crippen molar-refractivity contribution in [3.05, 3.63) is 65.4 Å². The molecule has 0 unspecified atom stereocenters. The fraction of sp³-hybridized carbons (Fsp3) is 0.130. The first-order valence-electron chi connectivity index (χ1n) is 9.94. The molecule has 166 valence electrons. The van der Waals surface area contributed by atoms with Gasteiger partial charge in [-0.15, -0.1) is 11.3 Å². The molecule has 1 aliphatic rings. The Morgan fingerprint density at radius 1 is 1.12 bits per heavy atom. The summed E-state index contributed by atoms with van der Waals surface area (Å²) in [6, 6.07) is 14.7. The SMILES string of the molecule is Cc1nc(-c2ccc(Cl)cc2)sc1-c1ccnc(SCC(=O)Nc2ccc3c(c2)OCO3)n1. The van der Waals surface area contributed by atoms with Crippen molar-refractivity contribution in [3.63, 3.8) is 0 Å². The number of aryl methyl sites for hydroxylation is 1. The number of aromatic nitrogens is 3. The fourth-order valence-corrected chi connectivity index (χ4v) is 4.99. The maximum Gasteiger partial charge on any atom is 0.234 e. The number of carbonyl (C=O) groups excluding carboxylic acids is 1. The number of nitrogens with zero attached hydrogens (tertiary/aromatic N) is 3. The molecule has 7 nitrogen and oxygen atoms in total. The van der Waals surface area contributed by atoms with E-state index < -0.39 is 0 Å². The third kappa shape index (κ3) is 4.95. The first-order chi connectivity index (χ1) is 16.0. The summed E-state index contributed by atoms with van der Waals surface area (Å²) in [6.45, 7) is 2.15. The predicted molar refractivity (Wildman–Crippen MR) is 130 cm³/mol. The maximum absolute atomic E-state index is 12.4. The van der Waals surface area contributed by atoms with E-state index in [9.17, 15) is 4.79 Å². The number of hydrogen-bond acceptors (Lipinski definition) is 8. The molecule has 0 saturated heterocycles. The minimum atomic E-state index is -0.160. The quantitative estimate of drug-likeness (QED) is 0.271. The molecule has 0 atom stereocenters. The number of carbonyl (C=O) groups is 1. The molecule has 2 aromatic heterocycles. The van der Waals surface area contributed by atoms with Crippen LogP contribution in [0.25, 0.3) is 21.1 Å². The Bertz CT molecular complexity index is 1330. The van der Waals surface area contributed by atoms with E-state index in [0.717, 1.165) is 26.8 Å². The van der Waals surface area contributed by atoms with Gasteiger partial charge in [0.2, 0.25) is 12.7 Å². The Morgan fingerprint density at radius 3 is 2.79 bits per heavy atom. The Kier molecular flexibility index (Phi) is 6.17. The third-order valence-electron chi connectivity index (χ3n) is 4.74. The van der Waals surface area contributed by atoms with E-state index in [1.165, 1.54) is 11.8 Å². The highest BCUT2D eigenvalue weighted by atomic mass is 35.5. The van der Waals surface area contributed by atoms with Crippen molar-refractivity contribution in [1.82, 2.24) is 15.0 Å². The van der Waals surface area contributed by atoms with E-state index in [4.69, 9.17) is 21.1 Å². The van der Waals surface area contributed by atoms with Crippen LogP contribution in [0.15, 0.2) is 59.9 Å². The number of anilines is 1. The molecule has 1 N–H and O–H groups in total. The molecular weight excluding hydrogens is 480 g/mol. The van der Waals surface area contributed by atoms with Crippen molar-refractivity contribution in [2.45, 2.75) is 12.1 Å². The summed E-state index contributed by atoms with van der Waals surface area (Å²) in [4.78, 5) is 27.0. The number of ether oxygens (including phenoxy) is 2. The highest BCUT2D eigenvalue weighted by Crippen LogP contribution is 2.36. The average Bonchev–Trinajstić information content (AvgIpc) is 3.44. The number of benzene rings is 2. The van der Waals surface area contributed by atoms with Crippen molar-refractivity contribution in [2.24, 2.45) is 0 Å². The van der Waals surface area contributed by atoms with Gasteiger partial charge in [-0.3, -0.25) is 4.79 Å². The van der Waals surface area contributed by atoms with Gasteiger partial charge in [0, 0.05) is 28.5 Å². The standard InChI is InChI=1S/C23H17ClN4O3S2/c1-13-21(33-22(26-13)14-2-4-15(24)5-3-14)17-8-9-25-23(28-17)32-11-20(29)27-16-6-7-18-19(10-16)31-12-30-18/h2-10H,11-12H2,1H3,(H,27,29). The van der Waals surface area contributed by atoms with Crippen molar-refractivity contribution < 1.29 is 14.3 Å². The number of fused-ring (bicyclic) bond motifs is 1. The zero-order valence-electron chi connectivity index (χ0n) is 17.4. The van der Waals surface area contributed by atoms with Gasteiger partial charge in [-0.25, -0.2) is 15.0 Å². The molecular formula is C23H17ClN4O3S2. The highest BCUT2D eigenvalue weighted by Gasteiger charge is 2.16. The maximum atomic E-state index is 12.4. The Morgan fingerprint density at radius 2 is 1.94 bits per heavy atom. The minimum absolute atomic E-state index is 0.160. The van der Waals surface area contributed by atoms with Crippen LogP contribution in [-0.2, 0) is 4.79 Å². The van der Waals surface area contributed by atoms with E-state index >= 15 is 0 Å². The molecule has 0 fully saturated rings. The first kappa shape index (κ1) is 21.7. The summed E-state index contributed by atoms with van der Waals surface area (Å²) in [7, 11) is 0. The fourth-order valence-electron chi connectivity index (χ4n) is 3.19. The summed E-state index contributed by atoms with van der Waals surface area (Å²) < 4.78 is 10.6. The monoisotopic (exact) mass is 496 g/mol. The van der Waals surface area contributed by atoms with Gasteiger partial charge in [-0.2, -0.15) is 0 Å². The minimum Gasteiger partial charge on any atom is -0.454 e. The van der Waals surface area contributed by atoms with E-state index in [-0.39, 0.29) is 18.5 Å². The van der Waals surface area contributed by atoms with Gasteiger partial charge in [0.05, 0.1) is 22.0 Å². The molecule has 5 rings (SSSR count). The van der Waals surface area contributed by atoms with Gasteiger partial charge >= 0.3 is 0 Å². The van der Waals surface area contributed by atoms with Gasteiger partial charge in [0.25, 0.3) is 0 Å². The summed E-state index contributed by atoms with van der Waals surface area (Å²) in [6.07, 6.45) is 1.70. The van der Waals surface area contributed by atoms with Crippen molar-refractivity contribution in [1.29, 1.82) is 0 Å². The normalized spacial score (nSPS) is 12.1. The summed E-state index contributed by atoms with van der Waals surface area (Å²) in [5.74, 6) is 1.31. The molecule has 2 aromatic carbocycles. The molecule has 3 heterocycles. The van der Waals surface area contributed by atoms with Gasteiger partial charge in [0.1, 0.15) is 5.01 Å². The number of hydrogen-bond donors (Lipinski definition) is 1. The molecule has 0 saturated carbocycles. The van der Waals surface area contributed by atoms with Crippen LogP contribution in [0.5, 0.6) is 11.5 Å². The first-order valence-corrected chi connectivity index (χ1v) is 12.1. The van der Waals surface area contributed by atoms with Crippen LogP contribution < -0.4 is 14.8 Å².